The number of benzene rings is 1. The summed E-state index contributed by atoms with van der Waals surface area (Å²) in [7, 11) is 1.34. The van der Waals surface area contributed by atoms with Crippen LogP contribution in [0.1, 0.15) is 42.5 Å². The number of hydrogen-bond acceptors (Lipinski definition) is 3. The molecule has 154 valence electrons. The molecule has 2 aliphatic carbocycles. The van der Waals surface area contributed by atoms with Gasteiger partial charge in [-0.25, -0.2) is 18.0 Å². The highest BCUT2D eigenvalue weighted by Gasteiger charge is 2.69. The number of ether oxygens (including phenoxy) is 1. The van der Waals surface area contributed by atoms with Crippen molar-refractivity contribution < 1.29 is 32.6 Å². The van der Waals surface area contributed by atoms with Gasteiger partial charge < -0.3 is 14.7 Å². The zero-order valence-electron chi connectivity index (χ0n) is 15.3. The number of aliphatic carboxylic acids is 1. The molecule has 5 nitrogen and oxygen atoms in total. The third-order valence-corrected chi connectivity index (χ3v) is 5.96. The van der Waals surface area contributed by atoms with E-state index in [1.807, 2.05) is 0 Å². The maximum Gasteiger partial charge on any atom is 0.326 e. The first kappa shape index (κ1) is 20.8. The summed E-state index contributed by atoms with van der Waals surface area (Å²) in [5, 5.41) is 9.15. The molecule has 3 unspecified atom stereocenters. The largest absolute Gasteiger partial charge is 0.495 e. The first-order chi connectivity index (χ1) is 13.2. The molecular formula is C19H21ClF3NO4. The Labute approximate surface area is 165 Å². The molecule has 9 heteroatoms. The molecule has 1 heterocycles. The Balaban J connectivity index is 0.000000231. The van der Waals surface area contributed by atoms with Crippen LogP contribution in [0.2, 0.25) is 5.02 Å². The van der Waals surface area contributed by atoms with E-state index in [2.05, 4.69) is 0 Å². The Morgan fingerprint density at radius 3 is 2.36 bits per heavy atom. The van der Waals surface area contributed by atoms with Crippen molar-refractivity contribution in [1.29, 1.82) is 0 Å². The molecule has 0 bridgehead atoms. The number of methoxy groups -OCH3 is 1. The van der Waals surface area contributed by atoms with E-state index in [1.165, 1.54) is 7.11 Å². The molecule has 1 aliphatic heterocycles. The van der Waals surface area contributed by atoms with Crippen molar-refractivity contribution in [3.63, 3.8) is 0 Å². The summed E-state index contributed by atoms with van der Waals surface area (Å²) in [4.78, 5) is 24.5. The van der Waals surface area contributed by atoms with Crippen molar-refractivity contribution >= 4 is 23.5 Å². The number of alkyl halides is 2. The molecule has 1 N–H and O–H groups in total. The molecule has 1 aromatic rings. The van der Waals surface area contributed by atoms with Crippen molar-refractivity contribution in [3.05, 3.63) is 28.5 Å². The molecule has 4 rings (SSSR count). The summed E-state index contributed by atoms with van der Waals surface area (Å²) in [6.45, 7) is 0.291. The Morgan fingerprint density at radius 1 is 1.21 bits per heavy atom. The zero-order chi connectivity index (χ0) is 20.6. The van der Waals surface area contributed by atoms with Crippen LogP contribution in [-0.4, -0.2) is 47.5 Å². The van der Waals surface area contributed by atoms with Crippen LogP contribution < -0.4 is 4.74 Å². The molecule has 3 fully saturated rings. The Kier molecular flexibility index (Phi) is 5.79. The first-order valence-electron chi connectivity index (χ1n) is 9.13. The van der Waals surface area contributed by atoms with Crippen molar-refractivity contribution in [2.75, 3.05) is 13.7 Å². The number of likely N-dealkylation sites (tertiary alicyclic amines) is 1. The normalized spacial score (nSPS) is 26.9. The number of nitrogens with zero attached hydrogens (tertiary/aromatic N) is 1. The van der Waals surface area contributed by atoms with E-state index in [1.54, 1.807) is 0 Å². The van der Waals surface area contributed by atoms with Gasteiger partial charge in [-0.05, 0) is 31.7 Å². The fourth-order valence-corrected chi connectivity index (χ4v) is 4.32. The summed E-state index contributed by atoms with van der Waals surface area (Å²) in [6.07, 6.45) is 3.53. The van der Waals surface area contributed by atoms with Gasteiger partial charge in [-0.1, -0.05) is 18.0 Å². The van der Waals surface area contributed by atoms with Crippen LogP contribution in [0, 0.1) is 17.7 Å². The number of carboxylic acids is 1. The maximum absolute atomic E-state index is 13.9. The van der Waals surface area contributed by atoms with Gasteiger partial charge in [0.1, 0.15) is 17.6 Å². The Hall–Kier alpha value is -1.96. The van der Waals surface area contributed by atoms with Gasteiger partial charge in [-0.3, -0.25) is 4.79 Å². The molecule has 1 aromatic carbocycles. The summed E-state index contributed by atoms with van der Waals surface area (Å²) in [6, 6.07) is 1.26. The van der Waals surface area contributed by atoms with Crippen LogP contribution in [-0.2, 0) is 4.79 Å². The van der Waals surface area contributed by atoms with E-state index >= 15 is 0 Å². The van der Waals surface area contributed by atoms with Crippen LogP contribution in [0.3, 0.4) is 0 Å². The second kappa shape index (κ2) is 7.81. The first-order valence-corrected chi connectivity index (χ1v) is 9.50. The summed E-state index contributed by atoms with van der Waals surface area (Å²) >= 11 is 5.87. The lowest BCUT2D eigenvalue weighted by atomic mass is 10.1. The smallest absolute Gasteiger partial charge is 0.326 e. The van der Waals surface area contributed by atoms with E-state index in [4.69, 9.17) is 21.4 Å². The summed E-state index contributed by atoms with van der Waals surface area (Å²) in [5.41, 5.74) is -0.246. The number of amides is 1. The second-order valence-corrected chi connectivity index (χ2v) is 7.69. The van der Waals surface area contributed by atoms with Crippen molar-refractivity contribution in [1.82, 2.24) is 4.90 Å². The third kappa shape index (κ3) is 3.79. The van der Waals surface area contributed by atoms with Gasteiger partial charge in [0.2, 0.25) is 0 Å². The van der Waals surface area contributed by atoms with Crippen molar-refractivity contribution in [2.24, 2.45) is 11.8 Å². The van der Waals surface area contributed by atoms with E-state index in [0.29, 0.717) is 19.4 Å². The van der Waals surface area contributed by atoms with E-state index in [-0.39, 0.29) is 28.2 Å². The fraction of sp³-hybridized carbons (Fsp3) is 0.579. The van der Waals surface area contributed by atoms with Crippen molar-refractivity contribution in [2.45, 2.75) is 44.1 Å². The topological polar surface area (TPSA) is 66.8 Å². The van der Waals surface area contributed by atoms with Crippen LogP contribution in [0.25, 0.3) is 0 Å². The number of fused-ring (bicyclic) bond motifs is 1. The minimum atomic E-state index is -2.24. The van der Waals surface area contributed by atoms with E-state index < -0.39 is 29.7 Å². The summed E-state index contributed by atoms with van der Waals surface area (Å²) < 4.78 is 43.3. The lowest BCUT2D eigenvalue weighted by Crippen LogP contribution is -2.40. The van der Waals surface area contributed by atoms with Gasteiger partial charge in [0.15, 0.2) is 0 Å². The van der Waals surface area contributed by atoms with Crippen LogP contribution >= 0.6 is 11.6 Å². The molecule has 1 saturated heterocycles. The minimum absolute atomic E-state index is 0.100. The number of carbonyl (C=O) groups excluding carboxylic acids is 1. The van der Waals surface area contributed by atoms with Crippen LogP contribution in [0.15, 0.2) is 12.1 Å². The van der Waals surface area contributed by atoms with Gasteiger partial charge >= 0.3 is 5.97 Å². The third-order valence-electron chi connectivity index (χ3n) is 5.67. The number of hydrogen-bond donors (Lipinski definition) is 1. The van der Waals surface area contributed by atoms with E-state index in [0.717, 1.165) is 36.3 Å². The average molecular weight is 420 g/mol. The standard InChI is InChI=1S/C13H13ClFNO4.C6H8F2/c1-20-11-6-9(15)7(5-8(11)14)12(17)16-4-2-3-10(16)13(18)19;7-6(8)4-2-1-3-5(4)6/h5-6,10H,2-4H2,1H3,(H,18,19);4-5H,1-3H2. The van der Waals surface area contributed by atoms with E-state index in [9.17, 15) is 22.8 Å². The number of carbonyl (C=O) groups is 2. The van der Waals surface area contributed by atoms with Crippen molar-refractivity contribution in [3.8, 4) is 5.75 Å². The average Bonchev–Trinajstić information content (AvgIpc) is 3.13. The van der Waals surface area contributed by atoms with Gasteiger partial charge in [0.05, 0.1) is 17.7 Å². The predicted molar refractivity (Wildman–Crippen MR) is 95.4 cm³/mol. The molecule has 3 aliphatic rings. The minimum Gasteiger partial charge on any atom is -0.495 e. The zero-order valence-corrected chi connectivity index (χ0v) is 16.0. The maximum atomic E-state index is 13.9. The lowest BCUT2D eigenvalue weighted by Gasteiger charge is -2.22. The molecule has 0 spiro atoms. The molecule has 0 aromatic heterocycles. The van der Waals surface area contributed by atoms with Gasteiger partial charge in [0.25, 0.3) is 11.8 Å². The lowest BCUT2D eigenvalue weighted by molar-refractivity contribution is -0.141. The number of carboxylic acid groups (broad SMARTS) is 1. The van der Waals surface area contributed by atoms with Crippen LogP contribution in [0.5, 0.6) is 5.75 Å². The number of rotatable bonds is 3. The quantitative estimate of drug-likeness (QED) is 0.796. The highest BCUT2D eigenvalue weighted by molar-refractivity contribution is 6.32. The predicted octanol–water partition coefficient (Wildman–Crippen LogP) is 4.23. The molecule has 1 amide bonds. The molecule has 28 heavy (non-hydrogen) atoms. The van der Waals surface area contributed by atoms with Gasteiger partial charge in [0, 0.05) is 24.4 Å². The second-order valence-electron chi connectivity index (χ2n) is 7.28. The van der Waals surface area contributed by atoms with Gasteiger partial charge in [-0.2, -0.15) is 0 Å². The molecule has 0 radical (unpaired) electrons. The van der Waals surface area contributed by atoms with Gasteiger partial charge in [-0.15, -0.1) is 0 Å². The molecular weight excluding hydrogens is 399 g/mol. The molecule has 2 saturated carbocycles. The highest BCUT2D eigenvalue weighted by Crippen LogP contribution is 2.63. The highest BCUT2D eigenvalue weighted by atomic mass is 35.5. The Morgan fingerprint density at radius 2 is 1.86 bits per heavy atom. The molecule has 3 atom stereocenters. The number of halogens is 4. The monoisotopic (exact) mass is 419 g/mol. The SMILES string of the molecule is COc1cc(F)c(C(=O)N2CCCC2C(=O)O)cc1Cl.FC1(F)C2CCCC21. The fourth-order valence-electron chi connectivity index (χ4n) is 4.08. The Bertz CT molecular complexity index is 777. The summed E-state index contributed by atoms with van der Waals surface area (Å²) in [5.74, 6) is -5.07. The van der Waals surface area contributed by atoms with Crippen LogP contribution in [0.4, 0.5) is 13.2 Å².